The molecular weight excluding hydrogens is 425 g/mol. The fraction of sp³-hybridized carbons (Fsp3) is 0.0769. The first-order chi connectivity index (χ1) is 9.92. The molecule has 1 aromatic carbocycles. The predicted molar refractivity (Wildman–Crippen MR) is 90.0 cm³/mol. The van der Waals surface area contributed by atoms with Crippen molar-refractivity contribution in [1.29, 1.82) is 0 Å². The highest BCUT2D eigenvalue weighted by Crippen LogP contribution is 2.34. The van der Waals surface area contributed by atoms with Crippen molar-refractivity contribution >= 4 is 60.7 Å². The molecule has 0 atom stereocenters. The third kappa shape index (κ3) is 3.66. The van der Waals surface area contributed by atoms with Crippen LogP contribution in [0.1, 0.15) is 10.4 Å². The average molecular weight is 436 g/mol. The first kappa shape index (κ1) is 16.1. The molecular formula is C13H10Br2ClN3O2. The third-order valence-corrected chi connectivity index (χ3v) is 4.12. The number of ether oxygens (including phenoxy) is 1. The molecule has 0 fully saturated rings. The maximum Gasteiger partial charge on any atom is 0.257 e. The standard InChI is InChI=1S/C13H10Br2ClN3O2/c1-21-11-4-10(7(14)3-8(11)15)19-13(20)6-2-12(16)18-5-9(6)17/h2-5H,17H2,1H3,(H,19,20). The molecule has 1 amide bonds. The van der Waals surface area contributed by atoms with Crippen molar-refractivity contribution in [3.05, 3.63) is 44.1 Å². The zero-order valence-corrected chi connectivity index (χ0v) is 14.7. The van der Waals surface area contributed by atoms with Gasteiger partial charge < -0.3 is 15.8 Å². The fourth-order valence-corrected chi connectivity index (χ4v) is 3.02. The van der Waals surface area contributed by atoms with Gasteiger partial charge in [-0.2, -0.15) is 0 Å². The quantitative estimate of drug-likeness (QED) is 0.712. The number of methoxy groups -OCH3 is 1. The van der Waals surface area contributed by atoms with Crippen LogP contribution < -0.4 is 15.8 Å². The van der Waals surface area contributed by atoms with Crippen LogP contribution in [0.15, 0.2) is 33.3 Å². The van der Waals surface area contributed by atoms with E-state index in [1.807, 2.05) is 0 Å². The molecule has 0 radical (unpaired) electrons. The van der Waals surface area contributed by atoms with Crippen LogP contribution in [0.2, 0.25) is 5.15 Å². The maximum absolute atomic E-state index is 12.3. The number of pyridine rings is 1. The fourth-order valence-electron chi connectivity index (χ4n) is 1.61. The molecule has 0 unspecified atom stereocenters. The second kappa shape index (κ2) is 6.64. The molecule has 1 aromatic heterocycles. The number of aromatic nitrogens is 1. The summed E-state index contributed by atoms with van der Waals surface area (Å²) in [6.07, 6.45) is 1.34. The lowest BCUT2D eigenvalue weighted by Gasteiger charge is -2.12. The van der Waals surface area contributed by atoms with Crippen molar-refractivity contribution in [1.82, 2.24) is 4.98 Å². The summed E-state index contributed by atoms with van der Waals surface area (Å²) in [6, 6.07) is 4.87. The normalized spacial score (nSPS) is 10.3. The number of amides is 1. The summed E-state index contributed by atoms with van der Waals surface area (Å²) in [7, 11) is 1.54. The van der Waals surface area contributed by atoms with E-state index in [0.29, 0.717) is 15.9 Å². The molecule has 0 saturated carbocycles. The summed E-state index contributed by atoms with van der Waals surface area (Å²) >= 11 is 12.5. The van der Waals surface area contributed by atoms with Crippen molar-refractivity contribution in [2.45, 2.75) is 0 Å². The largest absolute Gasteiger partial charge is 0.495 e. The van der Waals surface area contributed by atoms with Crippen molar-refractivity contribution in [2.24, 2.45) is 0 Å². The first-order valence-corrected chi connectivity index (χ1v) is 7.64. The summed E-state index contributed by atoms with van der Waals surface area (Å²) in [5.74, 6) is 0.205. The number of hydrogen-bond donors (Lipinski definition) is 2. The summed E-state index contributed by atoms with van der Waals surface area (Å²) in [5, 5.41) is 2.94. The van der Waals surface area contributed by atoms with Gasteiger partial charge >= 0.3 is 0 Å². The summed E-state index contributed by atoms with van der Waals surface area (Å²) < 4.78 is 6.66. The second-order valence-corrected chi connectivity index (χ2v) is 6.11. The lowest BCUT2D eigenvalue weighted by molar-refractivity contribution is 0.102. The minimum atomic E-state index is -0.387. The Balaban J connectivity index is 2.33. The molecule has 3 N–H and O–H groups in total. The highest BCUT2D eigenvalue weighted by Gasteiger charge is 2.14. The van der Waals surface area contributed by atoms with Gasteiger partial charge in [-0.15, -0.1) is 0 Å². The summed E-state index contributed by atoms with van der Waals surface area (Å²) in [6.45, 7) is 0. The zero-order valence-electron chi connectivity index (χ0n) is 10.8. The highest BCUT2D eigenvalue weighted by atomic mass is 79.9. The smallest absolute Gasteiger partial charge is 0.257 e. The Morgan fingerprint density at radius 2 is 2.05 bits per heavy atom. The minimum Gasteiger partial charge on any atom is -0.495 e. The Labute approximate surface area is 143 Å². The Morgan fingerprint density at radius 3 is 2.71 bits per heavy atom. The van der Waals surface area contributed by atoms with Crippen LogP contribution in [-0.2, 0) is 0 Å². The number of nitrogen functional groups attached to an aromatic ring is 1. The van der Waals surface area contributed by atoms with Crippen LogP contribution >= 0.6 is 43.5 Å². The maximum atomic E-state index is 12.3. The Morgan fingerprint density at radius 1 is 1.33 bits per heavy atom. The highest BCUT2D eigenvalue weighted by molar-refractivity contribution is 9.11. The van der Waals surface area contributed by atoms with E-state index in [9.17, 15) is 4.79 Å². The van der Waals surface area contributed by atoms with Crippen molar-refractivity contribution in [3.63, 3.8) is 0 Å². The summed E-state index contributed by atoms with van der Waals surface area (Å²) in [5.41, 5.74) is 6.79. The van der Waals surface area contributed by atoms with Gasteiger partial charge in [-0.3, -0.25) is 4.79 Å². The number of nitrogens with two attached hydrogens (primary N) is 1. The average Bonchev–Trinajstić information content (AvgIpc) is 2.44. The van der Waals surface area contributed by atoms with E-state index in [-0.39, 0.29) is 22.3 Å². The number of carbonyl (C=O) groups is 1. The predicted octanol–water partition coefficient (Wildman–Crippen LogP) is 4.10. The summed E-state index contributed by atoms with van der Waals surface area (Å²) in [4.78, 5) is 16.1. The first-order valence-electron chi connectivity index (χ1n) is 5.67. The molecule has 0 spiro atoms. The zero-order chi connectivity index (χ0) is 15.6. The molecule has 2 rings (SSSR count). The number of carbonyl (C=O) groups excluding carboxylic acids is 1. The van der Waals surface area contributed by atoms with Gasteiger partial charge in [0.25, 0.3) is 5.91 Å². The van der Waals surface area contributed by atoms with Crippen LogP contribution in [0, 0.1) is 0 Å². The molecule has 0 saturated heterocycles. The van der Waals surface area contributed by atoms with E-state index in [1.54, 1.807) is 19.2 Å². The molecule has 0 aliphatic carbocycles. The van der Waals surface area contributed by atoms with Crippen molar-refractivity contribution in [3.8, 4) is 5.75 Å². The number of nitrogens with one attached hydrogen (secondary N) is 1. The molecule has 0 bridgehead atoms. The van der Waals surface area contributed by atoms with E-state index in [1.165, 1.54) is 12.3 Å². The van der Waals surface area contributed by atoms with Gasteiger partial charge in [-0.1, -0.05) is 11.6 Å². The topological polar surface area (TPSA) is 77.2 Å². The van der Waals surface area contributed by atoms with Gasteiger partial charge in [0, 0.05) is 10.5 Å². The van der Waals surface area contributed by atoms with Crippen LogP contribution in [-0.4, -0.2) is 18.0 Å². The SMILES string of the molecule is COc1cc(NC(=O)c2cc(Cl)ncc2N)c(Br)cc1Br. The van der Waals surface area contributed by atoms with E-state index in [4.69, 9.17) is 22.1 Å². The Hall–Kier alpha value is -1.31. The van der Waals surface area contributed by atoms with Crippen LogP contribution in [0.3, 0.4) is 0 Å². The van der Waals surface area contributed by atoms with Crippen molar-refractivity contribution < 1.29 is 9.53 Å². The number of hydrogen-bond acceptors (Lipinski definition) is 4. The van der Waals surface area contributed by atoms with Crippen LogP contribution in [0.5, 0.6) is 5.75 Å². The Bertz CT molecular complexity index is 710. The lowest BCUT2D eigenvalue weighted by atomic mass is 10.2. The number of benzene rings is 1. The van der Waals surface area contributed by atoms with Crippen LogP contribution in [0.4, 0.5) is 11.4 Å². The molecule has 1 heterocycles. The van der Waals surface area contributed by atoms with E-state index in [0.717, 1.165) is 4.47 Å². The van der Waals surface area contributed by atoms with Gasteiger partial charge in [-0.05, 0) is 44.0 Å². The van der Waals surface area contributed by atoms with Gasteiger partial charge in [0.2, 0.25) is 0 Å². The Kier molecular flexibility index (Phi) is 5.08. The number of nitrogens with zero attached hydrogens (tertiary/aromatic N) is 1. The van der Waals surface area contributed by atoms with Crippen molar-refractivity contribution in [2.75, 3.05) is 18.2 Å². The molecule has 110 valence electrons. The third-order valence-electron chi connectivity index (χ3n) is 2.64. The number of anilines is 2. The minimum absolute atomic E-state index is 0.196. The molecule has 0 aliphatic rings. The van der Waals surface area contributed by atoms with Gasteiger partial charge in [0.15, 0.2) is 0 Å². The van der Waals surface area contributed by atoms with E-state index < -0.39 is 0 Å². The molecule has 5 nitrogen and oxygen atoms in total. The van der Waals surface area contributed by atoms with Crippen LogP contribution in [0.25, 0.3) is 0 Å². The lowest BCUT2D eigenvalue weighted by Crippen LogP contribution is -2.15. The van der Waals surface area contributed by atoms with Gasteiger partial charge in [0.1, 0.15) is 10.9 Å². The van der Waals surface area contributed by atoms with Gasteiger partial charge in [0.05, 0.1) is 34.7 Å². The number of rotatable bonds is 3. The molecule has 21 heavy (non-hydrogen) atoms. The van der Waals surface area contributed by atoms with E-state index in [2.05, 4.69) is 42.2 Å². The molecule has 0 aliphatic heterocycles. The molecule has 8 heteroatoms. The number of halogens is 3. The monoisotopic (exact) mass is 433 g/mol. The van der Waals surface area contributed by atoms with E-state index >= 15 is 0 Å². The second-order valence-electron chi connectivity index (χ2n) is 4.02. The van der Waals surface area contributed by atoms with Gasteiger partial charge in [-0.25, -0.2) is 4.98 Å². The molecule has 2 aromatic rings.